The van der Waals surface area contributed by atoms with E-state index in [9.17, 15) is 9.59 Å². The van der Waals surface area contributed by atoms with Crippen molar-refractivity contribution in [1.29, 1.82) is 0 Å². The van der Waals surface area contributed by atoms with Crippen molar-refractivity contribution in [3.63, 3.8) is 0 Å². The molecule has 0 aliphatic carbocycles. The number of carbonyl (C=O) groups is 2. The van der Waals surface area contributed by atoms with Crippen LogP contribution in [0.15, 0.2) is 54.6 Å². The van der Waals surface area contributed by atoms with E-state index in [0.717, 1.165) is 29.6 Å². The first-order valence-electron chi connectivity index (χ1n) is 9.15. The molecule has 0 saturated heterocycles. The number of amides is 2. The van der Waals surface area contributed by atoms with Crippen LogP contribution >= 0.6 is 0 Å². The summed E-state index contributed by atoms with van der Waals surface area (Å²) in [4.78, 5) is 27.2. The van der Waals surface area contributed by atoms with Gasteiger partial charge in [0.05, 0.1) is 11.4 Å². The highest BCUT2D eigenvalue weighted by Gasteiger charge is 2.32. The van der Waals surface area contributed by atoms with Crippen molar-refractivity contribution in [2.45, 2.75) is 19.8 Å². The predicted molar refractivity (Wildman–Crippen MR) is 108 cm³/mol. The van der Waals surface area contributed by atoms with E-state index in [0.29, 0.717) is 28.7 Å². The lowest BCUT2D eigenvalue weighted by atomic mass is 9.92. The first kappa shape index (κ1) is 17.1. The average Bonchev–Trinajstić information content (AvgIpc) is 2.68. The van der Waals surface area contributed by atoms with Crippen LogP contribution in [-0.2, 0) is 0 Å². The zero-order valence-electron chi connectivity index (χ0n) is 15.2. The summed E-state index contributed by atoms with van der Waals surface area (Å²) >= 11 is 0. The maximum atomic E-state index is 12.9. The Labute approximate surface area is 157 Å². The molecule has 0 radical (unpaired) electrons. The number of rotatable bonds is 5. The minimum atomic E-state index is -0.220. The monoisotopic (exact) mass is 359 g/mol. The number of nitrogens with zero attached hydrogens (tertiary/aromatic N) is 1. The second-order valence-corrected chi connectivity index (χ2v) is 6.72. The Morgan fingerprint density at radius 2 is 1.63 bits per heavy atom. The van der Waals surface area contributed by atoms with Gasteiger partial charge in [0.1, 0.15) is 0 Å². The van der Waals surface area contributed by atoms with E-state index < -0.39 is 0 Å². The Bertz CT molecular complexity index is 1040. The fourth-order valence-electron chi connectivity index (χ4n) is 3.53. The highest BCUT2D eigenvalue weighted by molar-refractivity contribution is 6.26. The molecule has 0 bridgehead atoms. The summed E-state index contributed by atoms with van der Waals surface area (Å²) in [5.41, 5.74) is 9.42. The number of carbonyl (C=O) groups excluding carboxylic acids is 2. The molecule has 5 nitrogen and oxygen atoms in total. The first-order chi connectivity index (χ1) is 13.1. The summed E-state index contributed by atoms with van der Waals surface area (Å²) in [6.45, 7) is 2.49. The van der Waals surface area contributed by atoms with Gasteiger partial charge in [-0.05, 0) is 36.8 Å². The molecule has 0 fully saturated rings. The molecule has 1 heterocycles. The Morgan fingerprint density at radius 3 is 2.37 bits per heavy atom. The molecule has 4 rings (SSSR count). The standard InChI is InChI=1S/C22H21N3O2/c1-2-3-13-25-21(26)15-8-6-7-14-18(12-11-16(20(14)15)22(25)27)24-19-10-5-4-9-17(19)23/h4-12,24H,2-3,13,23H2,1H3. The van der Waals surface area contributed by atoms with Gasteiger partial charge >= 0.3 is 0 Å². The summed E-state index contributed by atoms with van der Waals surface area (Å²) in [7, 11) is 0. The molecule has 1 aliphatic rings. The van der Waals surface area contributed by atoms with Gasteiger partial charge in [0, 0.05) is 34.1 Å². The normalized spacial score (nSPS) is 13.3. The summed E-state index contributed by atoms with van der Waals surface area (Å²) in [6.07, 6.45) is 1.73. The van der Waals surface area contributed by atoms with Crippen LogP contribution in [0.3, 0.4) is 0 Å². The SMILES string of the molecule is CCCCN1C(=O)c2cccc3c(Nc4ccccc4N)ccc(c23)C1=O. The molecule has 27 heavy (non-hydrogen) atoms. The fourth-order valence-corrected chi connectivity index (χ4v) is 3.53. The lowest BCUT2D eigenvalue weighted by Crippen LogP contribution is -2.40. The zero-order chi connectivity index (χ0) is 19.0. The molecule has 1 aliphatic heterocycles. The van der Waals surface area contributed by atoms with Crippen molar-refractivity contribution in [3.8, 4) is 0 Å². The molecule has 0 spiro atoms. The van der Waals surface area contributed by atoms with Gasteiger partial charge in [-0.25, -0.2) is 0 Å². The van der Waals surface area contributed by atoms with E-state index in [2.05, 4.69) is 5.32 Å². The Kier molecular flexibility index (Phi) is 4.28. The Morgan fingerprint density at radius 1 is 0.889 bits per heavy atom. The molecule has 136 valence electrons. The minimum Gasteiger partial charge on any atom is -0.397 e. The van der Waals surface area contributed by atoms with Crippen LogP contribution < -0.4 is 11.1 Å². The highest BCUT2D eigenvalue weighted by atomic mass is 16.2. The molecule has 3 N–H and O–H groups in total. The molecule has 0 unspecified atom stereocenters. The smallest absolute Gasteiger partial charge is 0.261 e. The van der Waals surface area contributed by atoms with Gasteiger partial charge in [-0.15, -0.1) is 0 Å². The number of nitrogen functional groups attached to an aromatic ring is 1. The van der Waals surface area contributed by atoms with E-state index in [4.69, 9.17) is 5.73 Å². The van der Waals surface area contributed by atoms with Crippen molar-refractivity contribution < 1.29 is 9.59 Å². The number of para-hydroxylation sites is 2. The van der Waals surface area contributed by atoms with Gasteiger partial charge in [0.2, 0.25) is 0 Å². The molecule has 0 aromatic heterocycles. The lowest BCUT2D eigenvalue weighted by molar-refractivity contribution is 0.0608. The lowest BCUT2D eigenvalue weighted by Gasteiger charge is -2.28. The average molecular weight is 359 g/mol. The van der Waals surface area contributed by atoms with Crippen LogP contribution in [0.25, 0.3) is 10.8 Å². The summed E-state index contributed by atoms with van der Waals surface area (Å²) in [6, 6.07) is 16.7. The summed E-state index contributed by atoms with van der Waals surface area (Å²) in [5.74, 6) is -0.439. The number of imide groups is 1. The number of nitrogens with one attached hydrogen (secondary N) is 1. The van der Waals surface area contributed by atoms with Crippen LogP contribution in [0.2, 0.25) is 0 Å². The predicted octanol–water partition coefficient (Wildman–Crippen LogP) is 4.56. The number of anilines is 3. The van der Waals surface area contributed by atoms with E-state index in [1.165, 1.54) is 4.90 Å². The molecular formula is C22H21N3O2. The largest absolute Gasteiger partial charge is 0.397 e. The van der Waals surface area contributed by atoms with Gasteiger partial charge in [-0.2, -0.15) is 0 Å². The first-order valence-corrected chi connectivity index (χ1v) is 9.15. The molecule has 0 saturated carbocycles. The molecular weight excluding hydrogens is 338 g/mol. The van der Waals surface area contributed by atoms with Gasteiger partial charge in [0.15, 0.2) is 0 Å². The quantitative estimate of drug-likeness (QED) is 0.517. The minimum absolute atomic E-state index is 0.220. The molecule has 3 aromatic rings. The number of nitrogens with two attached hydrogens (primary N) is 1. The second-order valence-electron chi connectivity index (χ2n) is 6.72. The van der Waals surface area contributed by atoms with Crippen LogP contribution in [0, 0.1) is 0 Å². The molecule has 2 amide bonds. The van der Waals surface area contributed by atoms with Gasteiger partial charge in [-0.3, -0.25) is 14.5 Å². The second kappa shape index (κ2) is 6.76. The Balaban J connectivity index is 1.84. The van der Waals surface area contributed by atoms with Gasteiger partial charge in [-0.1, -0.05) is 37.6 Å². The number of hydrogen-bond acceptors (Lipinski definition) is 4. The van der Waals surface area contributed by atoms with Crippen molar-refractivity contribution in [2.24, 2.45) is 0 Å². The van der Waals surface area contributed by atoms with Crippen molar-refractivity contribution in [1.82, 2.24) is 4.90 Å². The third-order valence-corrected chi connectivity index (χ3v) is 4.96. The van der Waals surface area contributed by atoms with Gasteiger partial charge in [0.25, 0.3) is 11.8 Å². The van der Waals surface area contributed by atoms with E-state index in [-0.39, 0.29) is 11.8 Å². The van der Waals surface area contributed by atoms with Gasteiger partial charge < -0.3 is 11.1 Å². The van der Waals surface area contributed by atoms with Crippen LogP contribution in [-0.4, -0.2) is 23.3 Å². The summed E-state index contributed by atoms with van der Waals surface area (Å²) < 4.78 is 0. The number of hydrogen-bond donors (Lipinski definition) is 2. The van der Waals surface area contributed by atoms with Crippen LogP contribution in [0.5, 0.6) is 0 Å². The summed E-state index contributed by atoms with van der Waals surface area (Å²) in [5, 5.41) is 4.88. The molecule has 3 aromatic carbocycles. The van der Waals surface area contributed by atoms with Crippen LogP contribution in [0.1, 0.15) is 40.5 Å². The number of unbranched alkanes of at least 4 members (excludes halogenated alkanes) is 1. The maximum Gasteiger partial charge on any atom is 0.261 e. The van der Waals surface area contributed by atoms with Crippen molar-refractivity contribution in [3.05, 3.63) is 65.7 Å². The van der Waals surface area contributed by atoms with Crippen molar-refractivity contribution in [2.75, 3.05) is 17.6 Å². The topological polar surface area (TPSA) is 75.4 Å². The number of benzene rings is 3. The fraction of sp³-hybridized carbons (Fsp3) is 0.182. The highest BCUT2D eigenvalue weighted by Crippen LogP contribution is 2.36. The maximum absolute atomic E-state index is 12.9. The zero-order valence-corrected chi connectivity index (χ0v) is 15.2. The van der Waals surface area contributed by atoms with Crippen LogP contribution in [0.4, 0.5) is 17.1 Å². The molecule has 0 atom stereocenters. The van der Waals surface area contributed by atoms with E-state index >= 15 is 0 Å². The van der Waals surface area contributed by atoms with Crippen molar-refractivity contribution >= 4 is 39.6 Å². The third kappa shape index (κ3) is 2.81. The van der Waals surface area contributed by atoms with E-state index in [1.54, 1.807) is 12.1 Å². The third-order valence-electron chi connectivity index (χ3n) is 4.96. The Hall–Kier alpha value is -3.34. The van der Waals surface area contributed by atoms with E-state index in [1.807, 2.05) is 49.4 Å². The molecule has 5 heteroatoms.